The van der Waals surface area contributed by atoms with Gasteiger partial charge in [-0.1, -0.05) is 0 Å². The zero-order valence-electron chi connectivity index (χ0n) is 17.0. The molecule has 2 aromatic carbocycles. The fourth-order valence-electron chi connectivity index (χ4n) is 3.01. The van der Waals surface area contributed by atoms with Crippen LogP contribution in [-0.4, -0.2) is 34.0 Å². The van der Waals surface area contributed by atoms with Crippen molar-refractivity contribution in [2.45, 2.75) is 6.18 Å². The van der Waals surface area contributed by atoms with Gasteiger partial charge >= 0.3 is 6.18 Å². The molecular weight excluding hydrogens is 439 g/mol. The molecule has 0 atom stereocenters. The second kappa shape index (κ2) is 8.61. The second-order valence-corrected chi connectivity index (χ2v) is 6.87. The number of hydrogen-bond donors (Lipinski definition) is 3. The van der Waals surface area contributed by atoms with Crippen LogP contribution in [0.1, 0.15) is 26.4 Å². The van der Waals surface area contributed by atoms with Crippen LogP contribution >= 0.6 is 0 Å². The number of alkyl halides is 3. The molecule has 8 nitrogen and oxygen atoms in total. The number of amides is 2. The van der Waals surface area contributed by atoms with Gasteiger partial charge in [0.05, 0.1) is 11.1 Å². The van der Waals surface area contributed by atoms with Crippen LogP contribution in [0.2, 0.25) is 0 Å². The molecule has 0 radical (unpaired) electrons. The molecule has 168 valence electrons. The molecule has 33 heavy (non-hydrogen) atoms. The summed E-state index contributed by atoms with van der Waals surface area (Å²) in [7, 11) is 1.49. The minimum Gasteiger partial charge on any atom is -0.457 e. The second-order valence-electron chi connectivity index (χ2n) is 6.87. The van der Waals surface area contributed by atoms with Gasteiger partial charge in [-0.15, -0.1) is 0 Å². The lowest BCUT2D eigenvalue weighted by molar-refractivity contribution is -0.137. The lowest BCUT2D eigenvalue weighted by Crippen LogP contribution is -2.18. The Balaban J connectivity index is 1.46. The molecule has 0 saturated carbocycles. The van der Waals surface area contributed by atoms with E-state index in [0.29, 0.717) is 16.9 Å². The number of anilines is 1. The maximum absolute atomic E-state index is 12.9. The minimum atomic E-state index is -4.48. The molecule has 0 unspecified atom stereocenters. The number of hydrogen-bond acceptors (Lipinski definition) is 5. The molecule has 2 heterocycles. The molecule has 0 aliphatic heterocycles. The summed E-state index contributed by atoms with van der Waals surface area (Å²) in [5.74, 6) is 0.0729. The zero-order chi connectivity index (χ0) is 23.6. The maximum atomic E-state index is 12.9. The zero-order valence-corrected chi connectivity index (χ0v) is 17.0. The highest BCUT2D eigenvalue weighted by Gasteiger charge is 2.31. The van der Waals surface area contributed by atoms with Crippen molar-refractivity contribution in [3.63, 3.8) is 0 Å². The van der Waals surface area contributed by atoms with Crippen molar-refractivity contribution in [3.8, 4) is 11.5 Å². The first-order valence-corrected chi connectivity index (χ1v) is 9.57. The molecule has 2 aromatic heterocycles. The molecule has 2 amide bonds. The van der Waals surface area contributed by atoms with E-state index in [9.17, 15) is 22.8 Å². The Morgan fingerprint density at radius 2 is 1.73 bits per heavy atom. The van der Waals surface area contributed by atoms with Gasteiger partial charge in [0.25, 0.3) is 11.8 Å². The number of pyridine rings is 1. The number of aromatic nitrogens is 3. The number of fused-ring (bicyclic) bond motifs is 1. The fraction of sp³-hybridized carbons (Fsp3) is 0.0909. The van der Waals surface area contributed by atoms with Gasteiger partial charge in [0, 0.05) is 30.3 Å². The third-order valence-corrected chi connectivity index (χ3v) is 4.67. The Kier molecular flexibility index (Phi) is 5.69. The molecule has 0 saturated heterocycles. The summed E-state index contributed by atoms with van der Waals surface area (Å²) >= 11 is 0. The average molecular weight is 455 g/mol. The summed E-state index contributed by atoms with van der Waals surface area (Å²) in [4.78, 5) is 28.2. The van der Waals surface area contributed by atoms with Gasteiger partial charge in [-0.3, -0.25) is 19.7 Å². The third-order valence-electron chi connectivity index (χ3n) is 4.67. The van der Waals surface area contributed by atoms with Crippen molar-refractivity contribution < 1.29 is 27.5 Å². The summed E-state index contributed by atoms with van der Waals surface area (Å²) in [6.45, 7) is 0. The van der Waals surface area contributed by atoms with E-state index in [1.54, 1.807) is 18.2 Å². The molecule has 0 aliphatic rings. The number of H-pyrrole nitrogens is 1. The molecule has 0 aliphatic carbocycles. The third kappa shape index (κ3) is 4.76. The van der Waals surface area contributed by atoms with Gasteiger partial charge in [0.1, 0.15) is 17.2 Å². The van der Waals surface area contributed by atoms with Gasteiger partial charge in [0.2, 0.25) is 0 Å². The molecule has 4 aromatic rings. The normalized spacial score (nSPS) is 11.3. The van der Waals surface area contributed by atoms with Gasteiger partial charge < -0.3 is 15.4 Å². The Bertz CT molecular complexity index is 1330. The molecular formula is C22H16F3N5O3. The first-order chi connectivity index (χ1) is 15.7. The van der Waals surface area contributed by atoms with Crippen molar-refractivity contribution in [1.82, 2.24) is 20.5 Å². The van der Waals surface area contributed by atoms with Crippen molar-refractivity contribution >= 4 is 28.5 Å². The van der Waals surface area contributed by atoms with Crippen LogP contribution < -0.4 is 15.4 Å². The number of benzene rings is 2. The van der Waals surface area contributed by atoms with E-state index >= 15 is 0 Å². The standard InChI is InChI=1S/C22H16F3N5O3/c1-26-21(32)18-11-15(8-9-27-18)33-14-5-2-12(3-6-14)20(31)28-19-16-7-4-13(22(23,24)25)10-17(16)29-30-19/h2-11H,1H3,(H,26,32)(H2,28,29,30,31). The number of carbonyl (C=O) groups excluding carboxylic acids is 2. The summed E-state index contributed by atoms with van der Waals surface area (Å²) in [6, 6.07) is 12.3. The number of carbonyl (C=O) groups is 2. The topological polar surface area (TPSA) is 109 Å². The van der Waals surface area contributed by atoms with E-state index in [0.717, 1.165) is 12.1 Å². The highest BCUT2D eigenvalue weighted by atomic mass is 19.4. The van der Waals surface area contributed by atoms with Gasteiger partial charge in [-0.25, -0.2) is 0 Å². The summed E-state index contributed by atoms with van der Waals surface area (Å²) in [6.07, 6.45) is -3.04. The molecule has 3 N–H and O–H groups in total. The highest BCUT2D eigenvalue weighted by Crippen LogP contribution is 2.32. The lowest BCUT2D eigenvalue weighted by atomic mass is 10.1. The predicted octanol–water partition coefficient (Wildman–Crippen LogP) is 4.38. The summed E-state index contributed by atoms with van der Waals surface area (Å²) < 4.78 is 44.3. The monoisotopic (exact) mass is 455 g/mol. The minimum absolute atomic E-state index is 0.113. The number of aromatic amines is 1. The molecule has 0 bridgehead atoms. The largest absolute Gasteiger partial charge is 0.457 e. The van der Waals surface area contributed by atoms with E-state index in [-0.39, 0.29) is 28.5 Å². The first kappa shape index (κ1) is 21.8. The smallest absolute Gasteiger partial charge is 0.416 e. The molecule has 11 heteroatoms. The Hall–Kier alpha value is -4.41. The van der Waals surface area contributed by atoms with Gasteiger partial charge in [0.15, 0.2) is 5.82 Å². The fourth-order valence-corrected chi connectivity index (χ4v) is 3.01. The quantitative estimate of drug-likeness (QED) is 0.414. The number of ether oxygens (including phenoxy) is 1. The van der Waals surface area contributed by atoms with Crippen LogP contribution in [-0.2, 0) is 6.18 Å². The summed E-state index contributed by atoms with van der Waals surface area (Å²) in [5, 5.41) is 11.8. The molecule has 4 rings (SSSR count). The predicted molar refractivity (Wildman–Crippen MR) is 113 cm³/mol. The van der Waals surface area contributed by atoms with Crippen molar-refractivity contribution in [3.05, 3.63) is 77.6 Å². The number of rotatable bonds is 5. The Morgan fingerprint density at radius 1 is 0.970 bits per heavy atom. The maximum Gasteiger partial charge on any atom is 0.416 e. The van der Waals surface area contributed by atoms with Crippen LogP contribution in [0, 0.1) is 0 Å². The van der Waals surface area contributed by atoms with Gasteiger partial charge in [-0.05, 0) is 48.5 Å². The average Bonchev–Trinajstić information content (AvgIpc) is 3.20. The molecule has 0 fully saturated rings. The number of nitrogens with one attached hydrogen (secondary N) is 3. The SMILES string of the molecule is CNC(=O)c1cc(Oc2ccc(C(=O)Nc3n[nH]c4cc(C(F)(F)F)ccc34)cc2)ccn1. The van der Waals surface area contributed by atoms with E-state index in [1.165, 1.54) is 37.5 Å². The summed E-state index contributed by atoms with van der Waals surface area (Å²) in [5.41, 5.74) is -0.188. The van der Waals surface area contributed by atoms with Crippen LogP contribution in [0.25, 0.3) is 10.9 Å². The lowest BCUT2D eigenvalue weighted by Gasteiger charge is -2.08. The van der Waals surface area contributed by atoms with E-state index < -0.39 is 17.6 Å². The van der Waals surface area contributed by atoms with E-state index in [1.807, 2.05) is 0 Å². The van der Waals surface area contributed by atoms with Crippen LogP contribution in [0.4, 0.5) is 19.0 Å². The van der Waals surface area contributed by atoms with Crippen LogP contribution in [0.5, 0.6) is 11.5 Å². The van der Waals surface area contributed by atoms with Gasteiger partial charge in [-0.2, -0.15) is 18.3 Å². The Labute approximate surface area is 184 Å². The number of halogens is 3. The van der Waals surface area contributed by atoms with Crippen molar-refractivity contribution in [2.75, 3.05) is 12.4 Å². The van der Waals surface area contributed by atoms with Crippen molar-refractivity contribution in [2.24, 2.45) is 0 Å². The molecule has 0 spiro atoms. The number of nitrogens with zero attached hydrogens (tertiary/aromatic N) is 2. The highest BCUT2D eigenvalue weighted by molar-refractivity contribution is 6.07. The van der Waals surface area contributed by atoms with E-state index in [4.69, 9.17) is 4.74 Å². The van der Waals surface area contributed by atoms with Crippen molar-refractivity contribution in [1.29, 1.82) is 0 Å². The Morgan fingerprint density at radius 3 is 2.42 bits per heavy atom. The van der Waals surface area contributed by atoms with E-state index in [2.05, 4.69) is 25.8 Å². The first-order valence-electron chi connectivity index (χ1n) is 9.57. The van der Waals surface area contributed by atoms with Crippen LogP contribution in [0.3, 0.4) is 0 Å². The van der Waals surface area contributed by atoms with Crippen LogP contribution in [0.15, 0.2) is 60.8 Å².